The number of aromatic nitrogens is 4. The monoisotopic (exact) mass is 274 g/mol. The van der Waals surface area contributed by atoms with Crippen LogP contribution >= 0.6 is 0 Å². The van der Waals surface area contributed by atoms with Gasteiger partial charge in [-0.1, -0.05) is 0 Å². The average Bonchev–Trinajstić information content (AvgIpc) is 3.19. The lowest BCUT2D eigenvalue weighted by atomic mass is 10.3. The fourth-order valence-electron chi connectivity index (χ4n) is 2.00. The fraction of sp³-hybridized carbons (Fsp3) is 0.417. The van der Waals surface area contributed by atoms with Crippen LogP contribution in [-0.4, -0.2) is 31.2 Å². The van der Waals surface area contributed by atoms with E-state index in [4.69, 9.17) is 0 Å². The van der Waals surface area contributed by atoms with Gasteiger partial charge in [0.2, 0.25) is 0 Å². The van der Waals surface area contributed by atoms with E-state index in [0.717, 1.165) is 12.2 Å². The summed E-state index contributed by atoms with van der Waals surface area (Å²) in [5.74, 6) is 1.58. The summed E-state index contributed by atoms with van der Waals surface area (Å²) in [4.78, 5) is 14.0. The van der Waals surface area contributed by atoms with E-state index in [1.165, 1.54) is 25.1 Å². The summed E-state index contributed by atoms with van der Waals surface area (Å²) < 4.78 is 2.12. The van der Waals surface area contributed by atoms with E-state index in [1.54, 1.807) is 12.4 Å². The molecule has 1 N–H and O–H groups in total. The molecule has 2 aromatic rings. The Labute approximate surface area is 115 Å². The summed E-state index contributed by atoms with van der Waals surface area (Å²) in [5, 5.41) is 21.7. The minimum absolute atomic E-state index is 0.0102. The van der Waals surface area contributed by atoms with Crippen LogP contribution in [0.5, 0.6) is 0 Å². The third-order valence-electron chi connectivity index (χ3n) is 3.20. The second kappa shape index (κ2) is 5.24. The zero-order valence-corrected chi connectivity index (χ0v) is 10.8. The number of pyridine rings is 1. The highest BCUT2D eigenvalue weighted by atomic mass is 16.6. The van der Waals surface area contributed by atoms with Crippen molar-refractivity contribution < 1.29 is 4.92 Å². The van der Waals surface area contributed by atoms with Gasteiger partial charge in [-0.15, -0.1) is 10.2 Å². The van der Waals surface area contributed by atoms with Gasteiger partial charge in [0.1, 0.15) is 24.2 Å². The number of nitrogens with one attached hydrogen (secondary N) is 1. The first-order valence-electron chi connectivity index (χ1n) is 6.47. The molecular weight excluding hydrogens is 260 g/mol. The third-order valence-corrected chi connectivity index (χ3v) is 3.20. The van der Waals surface area contributed by atoms with Crippen LogP contribution < -0.4 is 5.32 Å². The van der Waals surface area contributed by atoms with Gasteiger partial charge in [-0.05, 0) is 18.9 Å². The molecule has 2 aromatic heterocycles. The van der Waals surface area contributed by atoms with Crippen molar-refractivity contribution in [2.75, 3.05) is 11.9 Å². The van der Waals surface area contributed by atoms with Gasteiger partial charge in [0, 0.05) is 25.1 Å². The summed E-state index contributed by atoms with van der Waals surface area (Å²) in [6.07, 6.45) is 6.16. The molecule has 2 heterocycles. The Hall–Kier alpha value is -2.51. The molecule has 1 fully saturated rings. The molecule has 8 nitrogen and oxygen atoms in total. The smallest absolute Gasteiger partial charge is 0.287 e. The minimum Gasteiger partial charge on any atom is -0.370 e. The molecule has 20 heavy (non-hydrogen) atoms. The lowest BCUT2D eigenvalue weighted by Gasteiger charge is -2.06. The predicted molar refractivity (Wildman–Crippen MR) is 71.4 cm³/mol. The Kier molecular flexibility index (Phi) is 3.28. The molecule has 0 aliphatic heterocycles. The van der Waals surface area contributed by atoms with E-state index in [-0.39, 0.29) is 5.69 Å². The van der Waals surface area contributed by atoms with Crippen molar-refractivity contribution in [2.24, 2.45) is 0 Å². The SMILES string of the molecule is O=[N+]([O-])c1ccc(NCCc2nncn2C2CC2)nc1. The molecule has 0 unspecified atom stereocenters. The Bertz CT molecular complexity index is 605. The van der Waals surface area contributed by atoms with Gasteiger partial charge in [-0.25, -0.2) is 4.98 Å². The number of hydrogen-bond acceptors (Lipinski definition) is 6. The van der Waals surface area contributed by atoms with Crippen LogP contribution in [0.25, 0.3) is 0 Å². The van der Waals surface area contributed by atoms with E-state index in [2.05, 4.69) is 25.1 Å². The highest BCUT2D eigenvalue weighted by molar-refractivity contribution is 5.40. The van der Waals surface area contributed by atoms with Crippen LogP contribution in [-0.2, 0) is 6.42 Å². The largest absolute Gasteiger partial charge is 0.370 e. The van der Waals surface area contributed by atoms with E-state index in [9.17, 15) is 10.1 Å². The lowest BCUT2D eigenvalue weighted by Crippen LogP contribution is -2.10. The molecule has 0 radical (unpaired) electrons. The predicted octanol–water partition coefficient (Wildman–Crippen LogP) is 1.57. The number of rotatable bonds is 6. The molecule has 1 saturated carbocycles. The quantitative estimate of drug-likeness (QED) is 0.634. The molecule has 1 aliphatic rings. The second-order valence-electron chi connectivity index (χ2n) is 4.72. The van der Waals surface area contributed by atoms with Crippen LogP contribution in [0, 0.1) is 10.1 Å². The molecule has 8 heteroatoms. The average molecular weight is 274 g/mol. The van der Waals surface area contributed by atoms with Crippen LogP contribution in [0.3, 0.4) is 0 Å². The highest BCUT2D eigenvalue weighted by Crippen LogP contribution is 2.35. The summed E-state index contributed by atoms with van der Waals surface area (Å²) in [7, 11) is 0. The zero-order valence-electron chi connectivity index (χ0n) is 10.8. The van der Waals surface area contributed by atoms with Crippen LogP contribution in [0.2, 0.25) is 0 Å². The van der Waals surface area contributed by atoms with Gasteiger partial charge in [0.05, 0.1) is 4.92 Å². The summed E-state index contributed by atoms with van der Waals surface area (Å²) >= 11 is 0. The Morgan fingerprint density at radius 2 is 2.30 bits per heavy atom. The normalized spacial score (nSPS) is 14.2. The maximum absolute atomic E-state index is 10.5. The van der Waals surface area contributed by atoms with E-state index < -0.39 is 4.92 Å². The van der Waals surface area contributed by atoms with Crippen molar-refractivity contribution in [3.05, 3.63) is 40.6 Å². The molecule has 0 spiro atoms. The Morgan fingerprint density at radius 1 is 1.45 bits per heavy atom. The lowest BCUT2D eigenvalue weighted by molar-refractivity contribution is -0.385. The van der Waals surface area contributed by atoms with E-state index in [0.29, 0.717) is 18.4 Å². The van der Waals surface area contributed by atoms with Crippen LogP contribution in [0.4, 0.5) is 11.5 Å². The molecule has 0 aromatic carbocycles. The van der Waals surface area contributed by atoms with Crippen molar-refractivity contribution in [1.82, 2.24) is 19.7 Å². The minimum atomic E-state index is -0.463. The molecule has 0 bridgehead atoms. The number of nitrogens with zero attached hydrogens (tertiary/aromatic N) is 5. The van der Waals surface area contributed by atoms with Gasteiger partial charge in [0.25, 0.3) is 5.69 Å². The molecule has 0 amide bonds. The van der Waals surface area contributed by atoms with Gasteiger partial charge in [-0.3, -0.25) is 10.1 Å². The number of hydrogen-bond donors (Lipinski definition) is 1. The second-order valence-corrected chi connectivity index (χ2v) is 4.72. The topological polar surface area (TPSA) is 98.8 Å². The summed E-state index contributed by atoms with van der Waals surface area (Å²) in [6, 6.07) is 3.60. The van der Waals surface area contributed by atoms with Gasteiger partial charge >= 0.3 is 0 Å². The van der Waals surface area contributed by atoms with Crippen molar-refractivity contribution >= 4 is 11.5 Å². The third kappa shape index (κ3) is 2.73. The zero-order chi connectivity index (χ0) is 13.9. The standard InChI is InChI=1S/C12H14N6O2/c19-18(20)10-3-4-11(14-7-10)13-6-5-12-16-15-8-17(12)9-1-2-9/h3-4,7-9H,1-2,5-6H2,(H,13,14). The number of nitro groups is 1. The van der Waals surface area contributed by atoms with Crippen LogP contribution in [0.1, 0.15) is 24.7 Å². The van der Waals surface area contributed by atoms with Gasteiger partial charge < -0.3 is 9.88 Å². The van der Waals surface area contributed by atoms with Crippen molar-refractivity contribution in [3.8, 4) is 0 Å². The van der Waals surface area contributed by atoms with Crippen molar-refractivity contribution in [1.29, 1.82) is 0 Å². The van der Waals surface area contributed by atoms with Crippen molar-refractivity contribution in [3.63, 3.8) is 0 Å². The maximum Gasteiger partial charge on any atom is 0.287 e. The maximum atomic E-state index is 10.5. The van der Waals surface area contributed by atoms with Gasteiger partial charge in [-0.2, -0.15) is 0 Å². The number of anilines is 1. The summed E-state index contributed by atoms with van der Waals surface area (Å²) in [5.41, 5.74) is -0.0102. The van der Waals surface area contributed by atoms with Crippen LogP contribution in [0.15, 0.2) is 24.7 Å². The first kappa shape index (κ1) is 12.5. The molecule has 0 saturated heterocycles. The molecular formula is C12H14N6O2. The molecule has 1 aliphatic carbocycles. The Balaban J connectivity index is 1.54. The Morgan fingerprint density at radius 3 is 2.95 bits per heavy atom. The first-order chi connectivity index (χ1) is 9.74. The van der Waals surface area contributed by atoms with Gasteiger partial charge in [0.15, 0.2) is 0 Å². The van der Waals surface area contributed by atoms with Crippen molar-refractivity contribution in [2.45, 2.75) is 25.3 Å². The van der Waals surface area contributed by atoms with E-state index >= 15 is 0 Å². The highest BCUT2D eigenvalue weighted by Gasteiger charge is 2.25. The van der Waals surface area contributed by atoms with E-state index in [1.807, 2.05) is 0 Å². The molecule has 0 atom stereocenters. The molecule has 104 valence electrons. The summed E-state index contributed by atoms with van der Waals surface area (Å²) in [6.45, 7) is 0.663. The first-order valence-corrected chi connectivity index (χ1v) is 6.47. The molecule has 3 rings (SSSR count). The fourth-order valence-corrected chi connectivity index (χ4v) is 2.00.